The standard InChI is InChI=1S/C15H18FNO3S/c16-15-9-8-13(11-12(15)5-4-10-18)17-21(19,20)14-6-2-1-3-7-14/h8-9,11,14,17-18H,1-3,6-7,10H2. The molecule has 21 heavy (non-hydrogen) atoms. The molecule has 0 saturated heterocycles. The number of sulfonamides is 1. The molecule has 1 fully saturated rings. The van der Waals surface area contributed by atoms with Gasteiger partial charge >= 0.3 is 0 Å². The average Bonchev–Trinajstić information content (AvgIpc) is 2.48. The van der Waals surface area contributed by atoms with Crippen LogP contribution in [0.1, 0.15) is 37.7 Å². The van der Waals surface area contributed by atoms with Gasteiger partial charge in [-0.2, -0.15) is 0 Å². The van der Waals surface area contributed by atoms with Gasteiger partial charge in [0.1, 0.15) is 12.4 Å². The first kappa shape index (κ1) is 15.8. The van der Waals surface area contributed by atoms with Crippen molar-refractivity contribution >= 4 is 15.7 Å². The molecule has 0 aliphatic heterocycles. The third-order valence-corrected chi connectivity index (χ3v) is 5.39. The molecule has 0 atom stereocenters. The van der Waals surface area contributed by atoms with Gasteiger partial charge in [-0.05, 0) is 31.0 Å². The van der Waals surface area contributed by atoms with Crippen molar-refractivity contribution in [2.75, 3.05) is 11.3 Å². The van der Waals surface area contributed by atoms with Gasteiger partial charge in [-0.25, -0.2) is 12.8 Å². The van der Waals surface area contributed by atoms with Gasteiger partial charge in [-0.1, -0.05) is 31.1 Å². The van der Waals surface area contributed by atoms with Crippen molar-refractivity contribution in [3.63, 3.8) is 0 Å². The van der Waals surface area contributed by atoms with Crippen molar-refractivity contribution < 1.29 is 17.9 Å². The van der Waals surface area contributed by atoms with Crippen molar-refractivity contribution in [2.45, 2.75) is 37.4 Å². The minimum Gasteiger partial charge on any atom is -0.384 e. The van der Waals surface area contributed by atoms with Gasteiger partial charge in [-0.3, -0.25) is 4.72 Å². The average molecular weight is 311 g/mol. The molecule has 6 heteroatoms. The molecular formula is C15H18FNO3S. The molecule has 0 unspecified atom stereocenters. The highest BCUT2D eigenvalue weighted by Crippen LogP contribution is 2.25. The van der Waals surface area contributed by atoms with Gasteiger partial charge in [0.15, 0.2) is 0 Å². The van der Waals surface area contributed by atoms with Gasteiger partial charge in [0.2, 0.25) is 10.0 Å². The first-order valence-corrected chi connectivity index (χ1v) is 8.48. The van der Waals surface area contributed by atoms with Crippen LogP contribution in [0, 0.1) is 17.7 Å². The van der Waals surface area contributed by atoms with E-state index < -0.39 is 15.8 Å². The maximum atomic E-state index is 13.5. The lowest BCUT2D eigenvalue weighted by Gasteiger charge is -2.22. The summed E-state index contributed by atoms with van der Waals surface area (Å²) in [6.45, 7) is -0.378. The maximum Gasteiger partial charge on any atom is 0.235 e. The van der Waals surface area contributed by atoms with Crippen molar-refractivity contribution in [3.8, 4) is 11.8 Å². The van der Waals surface area contributed by atoms with Crippen LogP contribution >= 0.6 is 0 Å². The highest BCUT2D eigenvalue weighted by atomic mass is 32.2. The molecule has 1 aliphatic carbocycles. The number of aliphatic hydroxyl groups excluding tert-OH is 1. The van der Waals surface area contributed by atoms with E-state index in [4.69, 9.17) is 5.11 Å². The Morgan fingerprint density at radius 3 is 2.67 bits per heavy atom. The zero-order valence-corrected chi connectivity index (χ0v) is 12.4. The molecule has 0 spiro atoms. The molecule has 4 nitrogen and oxygen atoms in total. The predicted molar refractivity (Wildman–Crippen MR) is 79.8 cm³/mol. The van der Waals surface area contributed by atoms with Crippen molar-refractivity contribution in [3.05, 3.63) is 29.6 Å². The van der Waals surface area contributed by atoms with Gasteiger partial charge < -0.3 is 5.11 Å². The molecule has 1 aliphatic rings. The summed E-state index contributed by atoms with van der Waals surface area (Å²) in [5.74, 6) is 4.26. The van der Waals surface area contributed by atoms with Crippen LogP contribution in [0.3, 0.4) is 0 Å². The summed E-state index contributed by atoms with van der Waals surface area (Å²) >= 11 is 0. The molecule has 1 aromatic carbocycles. The summed E-state index contributed by atoms with van der Waals surface area (Å²) in [5, 5.41) is 8.25. The fraction of sp³-hybridized carbons (Fsp3) is 0.467. The third-order valence-electron chi connectivity index (χ3n) is 3.52. The smallest absolute Gasteiger partial charge is 0.235 e. The summed E-state index contributed by atoms with van der Waals surface area (Å²) in [7, 11) is -3.46. The molecule has 1 aromatic rings. The third kappa shape index (κ3) is 4.19. The molecule has 0 heterocycles. The van der Waals surface area contributed by atoms with E-state index in [9.17, 15) is 12.8 Å². The molecule has 0 bridgehead atoms. The Balaban J connectivity index is 2.18. The lowest BCUT2D eigenvalue weighted by atomic mass is 10.0. The Morgan fingerprint density at radius 2 is 2.00 bits per heavy atom. The minimum atomic E-state index is -3.46. The van der Waals surface area contributed by atoms with E-state index in [2.05, 4.69) is 16.6 Å². The topological polar surface area (TPSA) is 66.4 Å². The van der Waals surface area contributed by atoms with Crippen LogP contribution in [-0.2, 0) is 10.0 Å². The van der Waals surface area contributed by atoms with Gasteiger partial charge in [-0.15, -0.1) is 0 Å². The second-order valence-electron chi connectivity index (χ2n) is 5.06. The highest BCUT2D eigenvalue weighted by Gasteiger charge is 2.27. The Morgan fingerprint density at radius 1 is 1.29 bits per heavy atom. The molecule has 114 valence electrons. The summed E-state index contributed by atoms with van der Waals surface area (Å²) in [5.41, 5.74) is 0.358. The number of anilines is 1. The van der Waals surface area contributed by atoms with Crippen LogP contribution < -0.4 is 4.72 Å². The SMILES string of the molecule is O=S(=O)(Nc1ccc(F)c(C#CCO)c1)C1CCCCC1. The van der Waals surface area contributed by atoms with Crippen LogP contribution in [-0.4, -0.2) is 25.4 Å². The highest BCUT2D eigenvalue weighted by molar-refractivity contribution is 7.93. The van der Waals surface area contributed by atoms with E-state index in [0.717, 1.165) is 19.3 Å². The van der Waals surface area contributed by atoms with Crippen LogP contribution in [0.15, 0.2) is 18.2 Å². The number of hydrogen-bond donors (Lipinski definition) is 2. The quantitative estimate of drug-likeness (QED) is 0.841. The van der Waals surface area contributed by atoms with Crippen LogP contribution in [0.25, 0.3) is 0 Å². The monoisotopic (exact) mass is 311 g/mol. The number of benzene rings is 1. The zero-order valence-electron chi connectivity index (χ0n) is 11.6. The Hall–Kier alpha value is -1.58. The second kappa shape index (κ2) is 6.92. The number of hydrogen-bond acceptors (Lipinski definition) is 3. The molecule has 2 rings (SSSR count). The number of halogens is 1. The summed E-state index contributed by atoms with van der Waals surface area (Å²) in [4.78, 5) is 0. The molecule has 0 radical (unpaired) electrons. The number of nitrogens with one attached hydrogen (secondary N) is 1. The fourth-order valence-corrected chi connectivity index (χ4v) is 4.02. The Kier molecular flexibility index (Phi) is 5.21. The largest absolute Gasteiger partial charge is 0.384 e. The maximum absolute atomic E-state index is 13.5. The van der Waals surface area contributed by atoms with Crippen LogP contribution in [0.5, 0.6) is 0 Å². The lowest BCUT2D eigenvalue weighted by molar-refractivity contribution is 0.350. The predicted octanol–water partition coefficient (Wildman–Crippen LogP) is 2.24. The molecule has 0 amide bonds. The van der Waals surface area contributed by atoms with E-state index in [1.165, 1.54) is 18.2 Å². The van der Waals surface area contributed by atoms with Crippen molar-refractivity contribution in [1.82, 2.24) is 0 Å². The van der Waals surface area contributed by atoms with Gasteiger partial charge in [0.05, 0.1) is 10.8 Å². The first-order chi connectivity index (χ1) is 10.0. The first-order valence-electron chi connectivity index (χ1n) is 6.94. The minimum absolute atomic E-state index is 0.0629. The van der Waals surface area contributed by atoms with Crippen LogP contribution in [0.4, 0.5) is 10.1 Å². The number of aliphatic hydroxyl groups is 1. The van der Waals surface area contributed by atoms with E-state index in [1.54, 1.807) is 0 Å². The van der Waals surface area contributed by atoms with E-state index in [0.29, 0.717) is 18.5 Å². The van der Waals surface area contributed by atoms with Crippen molar-refractivity contribution in [2.24, 2.45) is 0 Å². The van der Waals surface area contributed by atoms with Gasteiger partial charge in [0, 0.05) is 5.69 Å². The molecule has 0 aromatic heterocycles. The van der Waals surface area contributed by atoms with E-state index in [-0.39, 0.29) is 17.4 Å². The Bertz CT molecular complexity index is 655. The summed E-state index contributed by atoms with van der Waals surface area (Å²) < 4.78 is 40.6. The summed E-state index contributed by atoms with van der Waals surface area (Å²) in [6, 6.07) is 3.89. The van der Waals surface area contributed by atoms with Crippen LogP contribution in [0.2, 0.25) is 0 Å². The van der Waals surface area contributed by atoms with Crippen molar-refractivity contribution in [1.29, 1.82) is 0 Å². The Labute approximate surface area is 124 Å². The normalized spacial score (nSPS) is 16.1. The zero-order chi connectivity index (χ0) is 15.3. The number of rotatable bonds is 3. The van der Waals surface area contributed by atoms with E-state index in [1.807, 2.05) is 0 Å². The summed E-state index contributed by atoms with van der Waals surface area (Å²) in [6.07, 6.45) is 4.23. The molecular weight excluding hydrogens is 293 g/mol. The van der Waals surface area contributed by atoms with E-state index >= 15 is 0 Å². The fourth-order valence-electron chi connectivity index (χ4n) is 2.44. The lowest BCUT2D eigenvalue weighted by Crippen LogP contribution is -2.29. The second-order valence-corrected chi connectivity index (χ2v) is 7.02. The van der Waals surface area contributed by atoms with Gasteiger partial charge in [0.25, 0.3) is 0 Å². The molecule has 1 saturated carbocycles. The molecule has 2 N–H and O–H groups in total.